The Labute approximate surface area is 255 Å². The highest BCUT2D eigenvalue weighted by atomic mass is 19.1. The second-order valence-corrected chi connectivity index (χ2v) is 11.2. The van der Waals surface area contributed by atoms with Crippen molar-refractivity contribution in [3.63, 3.8) is 0 Å². The van der Waals surface area contributed by atoms with Crippen molar-refractivity contribution in [1.29, 1.82) is 0 Å². The van der Waals surface area contributed by atoms with Crippen molar-refractivity contribution in [3.8, 4) is 22.3 Å². The van der Waals surface area contributed by atoms with Gasteiger partial charge in [0.2, 0.25) is 0 Å². The van der Waals surface area contributed by atoms with Gasteiger partial charge < -0.3 is 14.6 Å². The minimum absolute atomic E-state index is 0.248. The molecule has 0 fully saturated rings. The van der Waals surface area contributed by atoms with Crippen LogP contribution in [0, 0.1) is 5.82 Å². The number of anilines is 1. The number of hydrogen-bond donors (Lipinski definition) is 1. The molecule has 0 atom stereocenters. The standard InChI is InChI=1S/C38H31FN2O3/c1-38(2,27-14-8-5-9-15-27)41(3)37(43)35-29(25-12-6-4-7-13-25)22-23-32(34(35)26-18-20-28(39)21-19-26)40-36(42)31-24-44-33-17-11-10-16-30(31)33/h4-24H,1-3H3,(H,40,42). The van der Waals surface area contributed by atoms with Crippen LogP contribution in [0.5, 0.6) is 0 Å². The maximum Gasteiger partial charge on any atom is 0.259 e. The van der Waals surface area contributed by atoms with Gasteiger partial charge in [-0.1, -0.05) is 97.1 Å². The Bertz CT molecular complexity index is 1960. The van der Waals surface area contributed by atoms with E-state index in [0.29, 0.717) is 44.5 Å². The molecular formula is C38H31FN2O3. The van der Waals surface area contributed by atoms with Gasteiger partial charge in [-0.15, -0.1) is 0 Å². The summed E-state index contributed by atoms with van der Waals surface area (Å²) < 4.78 is 19.8. The summed E-state index contributed by atoms with van der Waals surface area (Å²) in [5.41, 5.74) is 4.67. The Morgan fingerprint density at radius 1 is 0.750 bits per heavy atom. The normalized spacial score (nSPS) is 11.4. The molecule has 0 radical (unpaired) electrons. The van der Waals surface area contributed by atoms with Gasteiger partial charge in [-0.05, 0) is 60.4 Å². The summed E-state index contributed by atoms with van der Waals surface area (Å²) in [5, 5.41) is 3.71. The average Bonchev–Trinajstić information content (AvgIpc) is 3.50. The Hall–Kier alpha value is -5.49. The summed E-state index contributed by atoms with van der Waals surface area (Å²) in [5.74, 6) is -1.04. The number of fused-ring (bicyclic) bond motifs is 1. The minimum atomic E-state index is -0.679. The van der Waals surface area contributed by atoms with Gasteiger partial charge in [0.15, 0.2) is 0 Å². The number of nitrogens with one attached hydrogen (secondary N) is 1. The van der Waals surface area contributed by atoms with Crippen molar-refractivity contribution < 1.29 is 18.4 Å². The molecule has 0 unspecified atom stereocenters. The van der Waals surface area contributed by atoms with E-state index in [0.717, 1.165) is 11.1 Å². The van der Waals surface area contributed by atoms with E-state index in [-0.39, 0.29) is 11.8 Å². The lowest BCUT2D eigenvalue weighted by molar-refractivity contribution is 0.0623. The number of carbonyl (C=O) groups excluding carboxylic acids is 2. The molecule has 1 heterocycles. The molecule has 5 nitrogen and oxygen atoms in total. The van der Waals surface area contributed by atoms with Crippen molar-refractivity contribution in [3.05, 3.63) is 150 Å². The lowest BCUT2D eigenvalue weighted by atomic mass is 9.87. The van der Waals surface area contributed by atoms with Crippen LogP contribution < -0.4 is 5.32 Å². The zero-order chi connectivity index (χ0) is 30.8. The van der Waals surface area contributed by atoms with Gasteiger partial charge in [0.05, 0.1) is 16.7 Å². The fourth-order valence-electron chi connectivity index (χ4n) is 5.51. The number of nitrogens with zero attached hydrogens (tertiary/aromatic N) is 1. The van der Waals surface area contributed by atoms with Crippen LogP contribution in [-0.4, -0.2) is 23.8 Å². The summed E-state index contributed by atoms with van der Waals surface area (Å²) >= 11 is 0. The van der Waals surface area contributed by atoms with E-state index in [1.165, 1.54) is 18.4 Å². The number of benzene rings is 5. The van der Waals surface area contributed by atoms with Crippen molar-refractivity contribution >= 4 is 28.5 Å². The number of furan rings is 1. The van der Waals surface area contributed by atoms with E-state index >= 15 is 0 Å². The first kappa shape index (κ1) is 28.6. The van der Waals surface area contributed by atoms with Gasteiger partial charge in [0, 0.05) is 23.7 Å². The quantitative estimate of drug-likeness (QED) is 0.204. The second kappa shape index (κ2) is 11.7. The van der Waals surface area contributed by atoms with Crippen LogP contribution in [-0.2, 0) is 5.54 Å². The number of rotatable bonds is 7. The van der Waals surface area contributed by atoms with Crippen LogP contribution in [0.3, 0.4) is 0 Å². The third-order valence-electron chi connectivity index (χ3n) is 8.23. The van der Waals surface area contributed by atoms with Gasteiger partial charge in [-0.2, -0.15) is 0 Å². The Kier molecular flexibility index (Phi) is 7.58. The molecule has 6 rings (SSSR count). The summed E-state index contributed by atoms with van der Waals surface area (Å²) in [7, 11) is 1.78. The lowest BCUT2D eigenvalue weighted by Gasteiger charge is -2.37. The maximum atomic E-state index is 14.8. The molecule has 0 aliphatic heterocycles. The predicted molar refractivity (Wildman–Crippen MR) is 173 cm³/mol. The molecule has 0 aliphatic carbocycles. The molecule has 2 amide bonds. The largest absolute Gasteiger partial charge is 0.463 e. The molecule has 6 heteroatoms. The first-order chi connectivity index (χ1) is 21.3. The Morgan fingerprint density at radius 3 is 2.09 bits per heavy atom. The predicted octanol–water partition coefficient (Wildman–Crippen LogP) is 9.17. The summed E-state index contributed by atoms with van der Waals surface area (Å²) in [4.78, 5) is 30.2. The zero-order valence-electron chi connectivity index (χ0n) is 24.7. The van der Waals surface area contributed by atoms with Crippen molar-refractivity contribution in [1.82, 2.24) is 4.90 Å². The Balaban J connectivity index is 1.56. The highest BCUT2D eigenvalue weighted by Crippen LogP contribution is 2.41. The Morgan fingerprint density at radius 2 is 1.39 bits per heavy atom. The molecule has 0 spiro atoms. The first-order valence-corrected chi connectivity index (χ1v) is 14.4. The van der Waals surface area contributed by atoms with Crippen LogP contribution in [0.2, 0.25) is 0 Å². The maximum absolute atomic E-state index is 14.8. The molecule has 0 aliphatic rings. The van der Waals surface area contributed by atoms with E-state index in [1.54, 1.807) is 36.2 Å². The van der Waals surface area contributed by atoms with Crippen molar-refractivity contribution in [2.24, 2.45) is 0 Å². The minimum Gasteiger partial charge on any atom is -0.463 e. The molecule has 218 valence electrons. The fourth-order valence-corrected chi connectivity index (χ4v) is 5.51. The highest BCUT2D eigenvalue weighted by molar-refractivity contribution is 6.16. The number of halogens is 1. The van der Waals surface area contributed by atoms with E-state index in [9.17, 15) is 14.0 Å². The summed E-state index contributed by atoms with van der Waals surface area (Å²) in [6.07, 6.45) is 1.43. The molecule has 6 aromatic rings. The fraction of sp³-hybridized carbons (Fsp3) is 0.105. The zero-order valence-corrected chi connectivity index (χ0v) is 24.7. The van der Waals surface area contributed by atoms with Gasteiger partial charge >= 0.3 is 0 Å². The van der Waals surface area contributed by atoms with Gasteiger partial charge in [0.25, 0.3) is 11.8 Å². The van der Waals surface area contributed by atoms with Crippen LogP contribution in [0.1, 0.15) is 40.1 Å². The smallest absolute Gasteiger partial charge is 0.259 e. The SMILES string of the molecule is CN(C(=O)c1c(-c2ccccc2)ccc(NC(=O)c2coc3ccccc23)c1-c1ccc(F)cc1)C(C)(C)c1ccccc1. The molecule has 1 aromatic heterocycles. The number of hydrogen-bond acceptors (Lipinski definition) is 3. The van der Waals surface area contributed by atoms with Gasteiger partial charge in [-0.25, -0.2) is 4.39 Å². The molecular weight excluding hydrogens is 551 g/mol. The molecule has 0 saturated carbocycles. The molecule has 0 bridgehead atoms. The summed E-state index contributed by atoms with van der Waals surface area (Å²) in [6.45, 7) is 3.99. The molecule has 0 saturated heterocycles. The van der Waals surface area contributed by atoms with E-state index < -0.39 is 11.4 Å². The first-order valence-electron chi connectivity index (χ1n) is 14.4. The van der Waals surface area contributed by atoms with Crippen LogP contribution in [0.15, 0.2) is 132 Å². The number of carbonyl (C=O) groups is 2. The average molecular weight is 583 g/mol. The van der Waals surface area contributed by atoms with Crippen LogP contribution >= 0.6 is 0 Å². The highest BCUT2D eigenvalue weighted by Gasteiger charge is 2.34. The molecule has 44 heavy (non-hydrogen) atoms. The second-order valence-electron chi connectivity index (χ2n) is 11.2. The third-order valence-corrected chi connectivity index (χ3v) is 8.23. The van der Waals surface area contributed by atoms with Crippen LogP contribution in [0.4, 0.5) is 10.1 Å². The molecule has 1 N–H and O–H groups in total. The number of amides is 2. The summed E-state index contributed by atoms with van der Waals surface area (Å²) in [6, 6.07) is 36.4. The van der Waals surface area contributed by atoms with Crippen LogP contribution in [0.25, 0.3) is 33.2 Å². The topological polar surface area (TPSA) is 62.6 Å². The number of para-hydroxylation sites is 1. The van der Waals surface area contributed by atoms with Gasteiger partial charge in [0.1, 0.15) is 17.7 Å². The molecule has 5 aromatic carbocycles. The van der Waals surface area contributed by atoms with Crippen molar-refractivity contribution in [2.45, 2.75) is 19.4 Å². The van der Waals surface area contributed by atoms with E-state index in [4.69, 9.17) is 4.42 Å². The van der Waals surface area contributed by atoms with Gasteiger partial charge in [-0.3, -0.25) is 9.59 Å². The third kappa shape index (κ3) is 5.26. The lowest BCUT2D eigenvalue weighted by Crippen LogP contribution is -2.43. The van der Waals surface area contributed by atoms with E-state index in [1.807, 2.05) is 98.8 Å². The van der Waals surface area contributed by atoms with E-state index in [2.05, 4.69) is 5.32 Å². The van der Waals surface area contributed by atoms with Crippen molar-refractivity contribution in [2.75, 3.05) is 12.4 Å². The monoisotopic (exact) mass is 582 g/mol.